The first kappa shape index (κ1) is 20.4. The maximum Gasteiger partial charge on any atom is 0.280 e. The van der Waals surface area contributed by atoms with E-state index in [2.05, 4.69) is 15.5 Å². The number of nitrogens with zero attached hydrogens (tertiary/aromatic N) is 4. The number of nitrogens with two attached hydrogens (primary N) is 2. The summed E-state index contributed by atoms with van der Waals surface area (Å²) in [5.41, 5.74) is 1.35. The van der Waals surface area contributed by atoms with Crippen LogP contribution in [0.15, 0.2) is 34.2 Å². The first-order chi connectivity index (χ1) is 12.8. The first-order valence-corrected chi connectivity index (χ1v) is 8.63. The summed E-state index contributed by atoms with van der Waals surface area (Å²) >= 11 is 6.41. The number of hydrazone groups is 1. The van der Waals surface area contributed by atoms with Gasteiger partial charge in [0.15, 0.2) is 5.69 Å². The zero-order valence-electron chi connectivity index (χ0n) is 15.4. The lowest BCUT2D eigenvalue weighted by atomic mass is 10.0. The number of aromatic nitrogens is 2. The minimum atomic E-state index is -0.681. The Bertz CT molecular complexity index is 920. The standard InChI is InChI=1S/C17H22ClN7O2/c1-4-9-25-16(27)12(11-7-5-10(2)6-8-11)13(18)14(23-25)15(26)21-17(22-19)24(3)20/h5-8H,4,9,19-20H2,1-3H3,(H,21,22,26). The van der Waals surface area contributed by atoms with E-state index in [4.69, 9.17) is 23.3 Å². The smallest absolute Gasteiger partial charge is 0.280 e. The number of amides is 1. The first-order valence-electron chi connectivity index (χ1n) is 8.25. The number of aryl methyl sites for hydroxylation is 2. The van der Waals surface area contributed by atoms with Crippen molar-refractivity contribution in [1.82, 2.24) is 20.1 Å². The molecule has 0 bridgehead atoms. The Hall–Kier alpha value is -2.91. The molecule has 5 N–H and O–H groups in total. The third kappa shape index (κ3) is 4.44. The maximum absolute atomic E-state index is 12.8. The second-order valence-corrected chi connectivity index (χ2v) is 6.33. The lowest BCUT2D eigenvalue weighted by Crippen LogP contribution is -2.47. The van der Waals surface area contributed by atoms with Gasteiger partial charge in [-0.15, -0.1) is 5.10 Å². The molecule has 0 atom stereocenters. The Balaban J connectivity index is 2.63. The highest BCUT2D eigenvalue weighted by atomic mass is 35.5. The second-order valence-electron chi connectivity index (χ2n) is 5.95. The van der Waals surface area contributed by atoms with Crippen molar-refractivity contribution >= 4 is 23.5 Å². The van der Waals surface area contributed by atoms with Gasteiger partial charge in [0.1, 0.15) is 0 Å². The highest BCUT2D eigenvalue weighted by Gasteiger charge is 2.23. The van der Waals surface area contributed by atoms with Crippen molar-refractivity contribution in [3.05, 3.63) is 50.9 Å². The Morgan fingerprint density at radius 3 is 2.52 bits per heavy atom. The van der Waals surface area contributed by atoms with Crippen molar-refractivity contribution in [3.63, 3.8) is 0 Å². The summed E-state index contributed by atoms with van der Waals surface area (Å²) in [5, 5.41) is 10.9. The summed E-state index contributed by atoms with van der Waals surface area (Å²) in [6.45, 7) is 4.17. The van der Waals surface area contributed by atoms with Gasteiger partial charge in [-0.1, -0.05) is 48.4 Å². The molecule has 0 radical (unpaired) electrons. The highest BCUT2D eigenvalue weighted by Crippen LogP contribution is 2.27. The Morgan fingerprint density at radius 1 is 1.37 bits per heavy atom. The number of guanidine groups is 1. The summed E-state index contributed by atoms with van der Waals surface area (Å²) < 4.78 is 1.22. The van der Waals surface area contributed by atoms with Crippen LogP contribution < -0.4 is 22.6 Å². The van der Waals surface area contributed by atoms with E-state index < -0.39 is 5.91 Å². The van der Waals surface area contributed by atoms with Gasteiger partial charge in [-0.25, -0.2) is 10.5 Å². The molecular weight excluding hydrogens is 370 g/mol. The third-order valence-electron chi connectivity index (χ3n) is 3.77. The monoisotopic (exact) mass is 391 g/mol. The van der Waals surface area contributed by atoms with Crippen LogP contribution in [0.25, 0.3) is 11.1 Å². The van der Waals surface area contributed by atoms with Gasteiger partial charge in [0.25, 0.3) is 11.5 Å². The number of hydrazine groups is 1. The predicted octanol–water partition coefficient (Wildman–Crippen LogP) is 1.05. The molecule has 0 saturated carbocycles. The molecule has 1 aromatic heterocycles. The van der Waals surface area contributed by atoms with E-state index >= 15 is 0 Å². The maximum atomic E-state index is 12.8. The number of hydrogen-bond donors (Lipinski definition) is 3. The number of rotatable bonds is 4. The van der Waals surface area contributed by atoms with Crippen LogP contribution in [-0.4, -0.2) is 33.7 Å². The van der Waals surface area contributed by atoms with E-state index in [9.17, 15) is 9.59 Å². The molecule has 1 heterocycles. The lowest BCUT2D eigenvalue weighted by Gasteiger charge is -2.16. The predicted molar refractivity (Wildman–Crippen MR) is 105 cm³/mol. The second kappa shape index (κ2) is 8.65. The summed E-state index contributed by atoms with van der Waals surface area (Å²) in [6, 6.07) is 7.27. The lowest BCUT2D eigenvalue weighted by molar-refractivity contribution is 0.0965. The van der Waals surface area contributed by atoms with Crippen LogP contribution >= 0.6 is 11.6 Å². The molecule has 0 saturated heterocycles. The van der Waals surface area contributed by atoms with Crippen LogP contribution in [-0.2, 0) is 6.54 Å². The van der Waals surface area contributed by atoms with E-state index in [1.165, 1.54) is 11.7 Å². The molecule has 9 nitrogen and oxygen atoms in total. The molecule has 1 aromatic carbocycles. The van der Waals surface area contributed by atoms with Gasteiger partial charge in [0.2, 0.25) is 5.96 Å². The van der Waals surface area contributed by atoms with Crippen LogP contribution in [0.2, 0.25) is 5.02 Å². The average Bonchev–Trinajstić information content (AvgIpc) is 2.63. The quantitative estimate of drug-likeness (QED) is 0.309. The van der Waals surface area contributed by atoms with E-state index in [0.29, 0.717) is 18.5 Å². The molecule has 10 heteroatoms. The van der Waals surface area contributed by atoms with E-state index in [1.807, 2.05) is 26.0 Å². The average molecular weight is 392 g/mol. The molecular formula is C17H22ClN7O2. The number of halogens is 1. The topological polar surface area (TPSA) is 132 Å². The molecule has 0 aliphatic rings. The number of benzene rings is 1. The fourth-order valence-electron chi connectivity index (χ4n) is 2.40. The molecule has 2 rings (SSSR count). The fraction of sp³-hybridized carbons (Fsp3) is 0.294. The zero-order chi connectivity index (χ0) is 20.1. The van der Waals surface area contributed by atoms with Crippen molar-refractivity contribution in [2.24, 2.45) is 16.8 Å². The Labute approximate surface area is 161 Å². The van der Waals surface area contributed by atoms with Crippen molar-refractivity contribution in [3.8, 4) is 11.1 Å². The zero-order valence-corrected chi connectivity index (χ0v) is 16.1. The van der Waals surface area contributed by atoms with Gasteiger partial charge < -0.3 is 5.84 Å². The van der Waals surface area contributed by atoms with E-state index in [-0.39, 0.29) is 27.8 Å². The normalized spacial score (nSPS) is 11.4. The van der Waals surface area contributed by atoms with Crippen molar-refractivity contribution in [2.45, 2.75) is 26.8 Å². The van der Waals surface area contributed by atoms with Crippen LogP contribution in [0.4, 0.5) is 0 Å². The van der Waals surface area contributed by atoms with E-state index in [0.717, 1.165) is 10.6 Å². The number of nitrogens with one attached hydrogen (secondary N) is 1. The Morgan fingerprint density at radius 2 is 2.00 bits per heavy atom. The van der Waals surface area contributed by atoms with Gasteiger partial charge >= 0.3 is 0 Å². The van der Waals surface area contributed by atoms with Gasteiger partial charge in [0.05, 0.1) is 10.6 Å². The molecule has 144 valence electrons. The largest absolute Gasteiger partial charge is 0.320 e. The van der Waals surface area contributed by atoms with Gasteiger partial charge in [-0.05, 0) is 18.9 Å². The molecule has 0 unspecified atom stereocenters. The molecule has 27 heavy (non-hydrogen) atoms. The van der Waals surface area contributed by atoms with Gasteiger partial charge in [0, 0.05) is 13.6 Å². The number of carbonyl (C=O) groups is 1. The molecule has 1 amide bonds. The summed E-state index contributed by atoms with van der Waals surface area (Å²) in [6.07, 6.45) is 0.657. The molecule has 0 spiro atoms. The van der Waals surface area contributed by atoms with Crippen molar-refractivity contribution < 1.29 is 4.79 Å². The van der Waals surface area contributed by atoms with Crippen molar-refractivity contribution in [2.75, 3.05) is 7.05 Å². The van der Waals surface area contributed by atoms with Crippen LogP contribution in [0.1, 0.15) is 29.4 Å². The van der Waals surface area contributed by atoms with E-state index in [1.54, 1.807) is 12.1 Å². The number of hydrogen-bond acceptors (Lipinski definition) is 6. The van der Waals surface area contributed by atoms with Crippen LogP contribution in [0.3, 0.4) is 0 Å². The van der Waals surface area contributed by atoms with Crippen molar-refractivity contribution in [1.29, 1.82) is 0 Å². The van der Waals surface area contributed by atoms with Gasteiger partial charge in [-0.2, -0.15) is 5.10 Å². The molecule has 0 aliphatic heterocycles. The Kier molecular flexibility index (Phi) is 6.54. The molecule has 0 fully saturated rings. The SMILES string of the molecule is CCCn1nc(C(=O)NC(=NN)N(C)N)c(Cl)c(-c2ccc(C)cc2)c1=O. The minimum absolute atomic E-state index is 0.0512. The van der Waals surface area contributed by atoms with Crippen LogP contribution in [0, 0.1) is 6.92 Å². The molecule has 0 aliphatic carbocycles. The number of carbonyl (C=O) groups excluding carboxylic acids is 1. The summed E-state index contributed by atoms with van der Waals surface area (Å²) in [5.74, 6) is 10.0. The third-order valence-corrected chi connectivity index (χ3v) is 4.14. The minimum Gasteiger partial charge on any atom is -0.320 e. The highest BCUT2D eigenvalue weighted by molar-refractivity contribution is 6.36. The summed E-state index contributed by atoms with van der Waals surface area (Å²) in [4.78, 5) is 25.5. The van der Waals surface area contributed by atoms with Crippen LogP contribution in [0.5, 0.6) is 0 Å². The fourth-order valence-corrected chi connectivity index (χ4v) is 2.72. The molecule has 2 aromatic rings. The van der Waals surface area contributed by atoms with Gasteiger partial charge in [-0.3, -0.25) is 19.9 Å². The summed E-state index contributed by atoms with van der Waals surface area (Å²) in [7, 11) is 1.46.